The van der Waals surface area contributed by atoms with Crippen LogP contribution in [0.4, 0.5) is 0 Å². The van der Waals surface area contributed by atoms with Crippen LogP contribution >= 0.6 is 0 Å². The molecule has 0 atom stereocenters. The Morgan fingerprint density at radius 1 is 0.667 bits per heavy atom. The zero-order chi connectivity index (χ0) is 23.6. The van der Waals surface area contributed by atoms with Crippen LogP contribution in [0.2, 0.25) is 0 Å². The highest BCUT2D eigenvalue weighted by Gasteiger charge is 2.19. The molecule has 3 aromatic carbocycles. The van der Waals surface area contributed by atoms with Gasteiger partial charge in [0.2, 0.25) is 0 Å². The van der Waals surface area contributed by atoms with Crippen molar-refractivity contribution in [3.63, 3.8) is 0 Å². The molecule has 0 saturated heterocycles. The van der Waals surface area contributed by atoms with E-state index in [1.165, 1.54) is 0 Å². The standard InChI is InChI=1S/C27H32O6/c1-4-9-19-12-13-22-23(16-19)27(33-18-25(29)31-15-6-3)21-11-8-7-10-20(21)26(22)32-17-24(28)30-14-5-2/h7-8,10-13,16H,4-6,9,14-15,17-18H2,1-3H3. The fourth-order valence-electron chi connectivity index (χ4n) is 3.68. The van der Waals surface area contributed by atoms with Gasteiger partial charge < -0.3 is 18.9 Å². The van der Waals surface area contributed by atoms with Gasteiger partial charge in [-0.2, -0.15) is 0 Å². The quantitative estimate of drug-likeness (QED) is 0.263. The lowest BCUT2D eigenvalue weighted by Gasteiger charge is -2.18. The van der Waals surface area contributed by atoms with Crippen molar-refractivity contribution in [2.75, 3.05) is 26.4 Å². The Kier molecular flexibility index (Phi) is 8.93. The third-order valence-electron chi connectivity index (χ3n) is 5.13. The van der Waals surface area contributed by atoms with E-state index in [1.807, 2.05) is 44.2 Å². The van der Waals surface area contributed by atoms with Gasteiger partial charge in [0.1, 0.15) is 11.5 Å². The maximum absolute atomic E-state index is 12.1. The SMILES string of the molecule is CCCOC(=O)COc1c2ccccc2c(OCC(=O)OCCC)c2cc(CCC)ccc12. The summed E-state index contributed by atoms with van der Waals surface area (Å²) in [5.74, 6) is 0.388. The van der Waals surface area contributed by atoms with Crippen LogP contribution in [0.1, 0.15) is 45.6 Å². The molecule has 0 heterocycles. The fraction of sp³-hybridized carbons (Fsp3) is 0.407. The topological polar surface area (TPSA) is 71.1 Å². The summed E-state index contributed by atoms with van der Waals surface area (Å²) >= 11 is 0. The average Bonchev–Trinajstić information content (AvgIpc) is 2.83. The number of carbonyl (C=O) groups excluding carboxylic acids is 2. The maximum atomic E-state index is 12.1. The van der Waals surface area contributed by atoms with Crippen molar-refractivity contribution >= 4 is 33.5 Å². The van der Waals surface area contributed by atoms with Crippen LogP contribution < -0.4 is 9.47 Å². The van der Waals surface area contributed by atoms with E-state index < -0.39 is 11.9 Å². The summed E-state index contributed by atoms with van der Waals surface area (Å²) in [7, 11) is 0. The minimum Gasteiger partial charge on any atom is -0.481 e. The summed E-state index contributed by atoms with van der Waals surface area (Å²) < 4.78 is 22.4. The maximum Gasteiger partial charge on any atom is 0.344 e. The van der Waals surface area contributed by atoms with Gasteiger partial charge in [0.05, 0.1) is 13.2 Å². The van der Waals surface area contributed by atoms with Crippen LogP contribution in [-0.4, -0.2) is 38.4 Å². The molecule has 33 heavy (non-hydrogen) atoms. The van der Waals surface area contributed by atoms with E-state index in [0.717, 1.165) is 52.8 Å². The average molecular weight is 453 g/mol. The van der Waals surface area contributed by atoms with Crippen molar-refractivity contribution in [3.8, 4) is 11.5 Å². The van der Waals surface area contributed by atoms with E-state index in [9.17, 15) is 9.59 Å². The predicted molar refractivity (Wildman–Crippen MR) is 129 cm³/mol. The lowest BCUT2D eigenvalue weighted by molar-refractivity contribution is -0.146. The van der Waals surface area contributed by atoms with Gasteiger partial charge in [-0.1, -0.05) is 63.6 Å². The van der Waals surface area contributed by atoms with Crippen molar-refractivity contribution in [2.45, 2.75) is 46.5 Å². The van der Waals surface area contributed by atoms with Gasteiger partial charge in [-0.15, -0.1) is 0 Å². The molecule has 0 saturated carbocycles. The zero-order valence-electron chi connectivity index (χ0n) is 19.6. The highest BCUT2D eigenvalue weighted by molar-refractivity contribution is 6.11. The molecule has 0 aliphatic heterocycles. The molecule has 0 aliphatic carbocycles. The zero-order valence-corrected chi connectivity index (χ0v) is 19.6. The molecule has 6 heteroatoms. The number of benzene rings is 3. The number of rotatable bonds is 12. The van der Waals surface area contributed by atoms with Crippen molar-refractivity contribution < 1.29 is 28.5 Å². The highest BCUT2D eigenvalue weighted by atomic mass is 16.6. The molecule has 0 bridgehead atoms. The molecule has 0 unspecified atom stereocenters. The van der Waals surface area contributed by atoms with E-state index in [0.29, 0.717) is 24.7 Å². The molecule has 3 rings (SSSR count). The lowest BCUT2D eigenvalue weighted by Crippen LogP contribution is -2.16. The van der Waals surface area contributed by atoms with Crippen LogP contribution in [0.15, 0.2) is 42.5 Å². The molecule has 0 amide bonds. The molecule has 0 radical (unpaired) electrons. The Bertz CT molecular complexity index is 1100. The van der Waals surface area contributed by atoms with Crippen LogP contribution in [0.5, 0.6) is 11.5 Å². The number of hydrogen-bond acceptors (Lipinski definition) is 6. The molecule has 0 fully saturated rings. The molecular weight excluding hydrogens is 420 g/mol. The largest absolute Gasteiger partial charge is 0.481 e. The van der Waals surface area contributed by atoms with Crippen LogP contribution in [0.25, 0.3) is 21.5 Å². The molecular formula is C27H32O6. The van der Waals surface area contributed by atoms with E-state index in [1.54, 1.807) is 0 Å². The molecule has 0 aliphatic rings. The van der Waals surface area contributed by atoms with Crippen molar-refractivity contribution in [3.05, 3.63) is 48.0 Å². The van der Waals surface area contributed by atoms with Gasteiger partial charge in [-0.05, 0) is 30.9 Å². The summed E-state index contributed by atoms with van der Waals surface area (Å²) in [5, 5.41) is 3.25. The number of carbonyl (C=O) groups is 2. The molecule has 6 nitrogen and oxygen atoms in total. The van der Waals surface area contributed by atoms with E-state index in [4.69, 9.17) is 18.9 Å². The van der Waals surface area contributed by atoms with E-state index in [-0.39, 0.29) is 13.2 Å². The molecule has 0 spiro atoms. The summed E-state index contributed by atoms with van der Waals surface area (Å²) in [6.45, 7) is 6.39. The van der Waals surface area contributed by atoms with Crippen molar-refractivity contribution in [1.29, 1.82) is 0 Å². The minimum atomic E-state index is -0.407. The Balaban J connectivity index is 2.06. The Morgan fingerprint density at radius 2 is 1.18 bits per heavy atom. The van der Waals surface area contributed by atoms with Crippen molar-refractivity contribution in [2.24, 2.45) is 0 Å². The molecule has 176 valence electrons. The van der Waals surface area contributed by atoms with Gasteiger partial charge in [0, 0.05) is 21.5 Å². The number of ether oxygens (including phenoxy) is 4. The van der Waals surface area contributed by atoms with Gasteiger partial charge in [-0.3, -0.25) is 0 Å². The first-order valence-electron chi connectivity index (χ1n) is 11.6. The minimum absolute atomic E-state index is 0.180. The molecule has 0 aromatic heterocycles. The van der Waals surface area contributed by atoms with E-state index >= 15 is 0 Å². The summed E-state index contributed by atoms with van der Waals surface area (Å²) in [5.41, 5.74) is 1.16. The van der Waals surface area contributed by atoms with Crippen LogP contribution in [-0.2, 0) is 25.5 Å². The summed E-state index contributed by atoms with van der Waals surface area (Å²) in [4.78, 5) is 24.2. The summed E-state index contributed by atoms with van der Waals surface area (Å²) in [6.07, 6.45) is 3.43. The third-order valence-corrected chi connectivity index (χ3v) is 5.13. The first kappa shape index (κ1) is 24.4. The summed E-state index contributed by atoms with van der Waals surface area (Å²) in [6, 6.07) is 13.8. The molecule has 0 N–H and O–H groups in total. The molecule has 3 aromatic rings. The monoisotopic (exact) mass is 452 g/mol. The highest BCUT2D eigenvalue weighted by Crippen LogP contribution is 2.43. The smallest absolute Gasteiger partial charge is 0.344 e. The number of fused-ring (bicyclic) bond motifs is 2. The lowest BCUT2D eigenvalue weighted by atomic mass is 9.97. The first-order chi connectivity index (χ1) is 16.1. The Morgan fingerprint density at radius 3 is 1.70 bits per heavy atom. The van der Waals surface area contributed by atoms with Gasteiger partial charge in [0.25, 0.3) is 0 Å². The van der Waals surface area contributed by atoms with Gasteiger partial charge in [0.15, 0.2) is 13.2 Å². The number of esters is 2. The van der Waals surface area contributed by atoms with Crippen LogP contribution in [0.3, 0.4) is 0 Å². The normalized spacial score (nSPS) is 10.9. The second-order valence-electron chi connectivity index (χ2n) is 7.85. The Labute approximate surface area is 194 Å². The van der Waals surface area contributed by atoms with E-state index in [2.05, 4.69) is 19.1 Å². The van der Waals surface area contributed by atoms with Crippen LogP contribution in [0, 0.1) is 0 Å². The number of aryl methyl sites for hydroxylation is 1. The third kappa shape index (κ3) is 6.15. The van der Waals surface area contributed by atoms with Crippen molar-refractivity contribution in [1.82, 2.24) is 0 Å². The Hall–Kier alpha value is -3.28. The first-order valence-corrected chi connectivity index (χ1v) is 11.6. The fourth-order valence-corrected chi connectivity index (χ4v) is 3.68. The van der Waals surface area contributed by atoms with Gasteiger partial charge >= 0.3 is 11.9 Å². The second-order valence-corrected chi connectivity index (χ2v) is 7.85. The second kappa shape index (κ2) is 12.1. The van der Waals surface area contributed by atoms with Gasteiger partial charge in [-0.25, -0.2) is 9.59 Å². The number of hydrogen-bond donors (Lipinski definition) is 0. The predicted octanol–water partition coefficient (Wildman–Crippen LogP) is 5.61.